The number of nitrogens with one attached hydrogen (secondary N) is 2. The molecule has 1 aromatic rings. The van der Waals surface area contributed by atoms with Crippen molar-refractivity contribution < 1.29 is 32.6 Å². The zero-order valence-corrected chi connectivity index (χ0v) is 13.9. The van der Waals surface area contributed by atoms with Gasteiger partial charge in [0.15, 0.2) is 6.61 Å². The average molecular weight is 358 g/mol. The fourth-order valence-corrected chi connectivity index (χ4v) is 1.69. The number of hydrogen-bond acceptors (Lipinski definition) is 5. The number of rotatable bonds is 8. The second-order valence-electron chi connectivity index (χ2n) is 5.47. The Hall–Kier alpha value is -2.71. The fraction of sp³-hybridized carbons (Fsp3) is 0.438. The van der Waals surface area contributed by atoms with Gasteiger partial charge >= 0.3 is 18.6 Å². The van der Waals surface area contributed by atoms with Crippen LogP contribution in [0.4, 0.5) is 13.6 Å². The molecule has 0 unspecified atom stereocenters. The van der Waals surface area contributed by atoms with Gasteiger partial charge in [-0.1, -0.05) is 19.9 Å². The number of esters is 1. The number of amides is 3. The SMILES string of the molecule is CC(C)CCNC(=O)NC(=O)COC(=O)c1cccc(OC(F)F)c1. The van der Waals surface area contributed by atoms with E-state index in [0.29, 0.717) is 12.5 Å². The molecular formula is C16H20F2N2O5. The number of carbonyl (C=O) groups excluding carboxylic acids is 3. The Morgan fingerprint density at radius 1 is 1.20 bits per heavy atom. The predicted molar refractivity (Wildman–Crippen MR) is 84.4 cm³/mol. The third-order valence-electron chi connectivity index (χ3n) is 2.89. The van der Waals surface area contributed by atoms with Crippen LogP contribution in [-0.2, 0) is 9.53 Å². The molecule has 2 N–H and O–H groups in total. The lowest BCUT2D eigenvalue weighted by molar-refractivity contribution is -0.123. The maximum atomic E-state index is 12.1. The van der Waals surface area contributed by atoms with Gasteiger partial charge in [-0.2, -0.15) is 8.78 Å². The number of imide groups is 1. The molecule has 7 nitrogen and oxygen atoms in total. The zero-order valence-electron chi connectivity index (χ0n) is 13.9. The van der Waals surface area contributed by atoms with Gasteiger partial charge in [0.25, 0.3) is 5.91 Å². The van der Waals surface area contributed by atoms with Crippen molar-refractivity contribution in [3.63, 3.8) is 0 Å². The number of hydrogen-bond donors (Lipinski definition) is 2. The van der Waals surface area contributed by atoms with Crippen molar-refractivity contribution in [1.29, 1.82) is 0 Å². The summed E-state index contributed by atoms with van der Waals surface area (Å²) in [5, 5.41) is 4.50. The molecule has 0 aliphatic rings. The second-order valence-corrected chi connectivity index (χ2v) is 5.47. The van der Waals surface area contributed by atoms with Crippen LogP contribution < -0.4 is 15.4 Å². The molecule has 9 heteroatoms. The van der Waals surface area contributed by atoms with Gasteiger partial charge in [0.05, 0.1) is 5.56 Å². The molecule has 0 saturated heterocycles. The molecule has 0 radical (unpaired) electrons. The number of benzene rings is 1. The summed E-state index contributed by atoms with van der Waals surface area (Å²) in [6.45, 7) is 0.687. The van der Waals surface area contributed by atoms with Crippen molar-refractivity contribution in [2.24, 2.45) is 5.92 Å². The van der Waals surface area contributed by atoms with Crippen LogP contribution in [0, 0.1) is 5.92 Å². The third-order valence-corrected chi connectivity index (χ3v) is 2.89. The fourth-order valence-electron chi connectivity index (χ4n) is 1.69. The van der Waals surface area contributed by atoms with E-state index in [1.54, 1.807) is 0 Å². The van der Waals surface area contributed by atoms with Gasteiger partial charge in [-0.15, -0.1) is 0 Å². The topological polar surface area (TPSA) is 93.7 Å². The van der Waals surface area contributed by atoms with E-state index >= 15 is 0 Å². The summed E-state index contributed by atoms with van der Waals surface area (Å²) in [7, 11) is 0. The molecule has 0 aliphatic carbocycles. The van der Waals surface area contributed by atoms with Crippen LogP contribution >= 0.6 is 0 Å². The second kappa shape index (κ2) is 10.2. The highest BCUT2D eigenvalue weighted by Gasteiger charge is 2.14. The molecular weight excluding hydrogens is 338 g/mol. The Morgan fingerprint density at radius 2 is 1.92 bits per heavy atom. The van der Waals surface area contributed by atoms with E-state index in [0.717, 1.165) is 12.5 Å². The standard InChI is InChI=1S/C16H20F2N2O5/c1-10(2)6-7-19-16(23)20-13(21)9-24-14(22)11-4-3-5-12(8-11)25-15(17)18/h3-5,8,10,15H,6-7,9H2,1-2H3,(H2,19,20,21,23). The minimum absolute atomic E-state index is 0.0627. The van der Waals surface area contributed by atoms with Gasteiger partial charge in [-0.05, 0) is 30.5 Å². The summed E-state index contributed by atoms with van der Waals surface area (Å²) < 4.78 is 33.1. The first-order valence-electron chi connectivity index (χ1n) is 7.57. The predicted octanol–water partition coefficient (Wildman–Crippen LogP) is 2.32. The highest BCUT2D eigenvalue weighted by molar-refractivity contribution is 5.97. The van der Waals surface area contributed by atoms with Crippen molar-refractivity contribution in [3.8, 4) is 5.75 Å². The van der Waals surface area contributed by atoms with E-state index in [4.69, 9.17) is 4.74 Å². The number of carbonyl (C=O) groups is 3. The van der Waals surface area contributed by atoms with Gasteiger partial charge < -0.3 is 14.8 Å². The Morgan fingerprint density at radius 3 is 2.56 bits per heavy atom. The molecule has 3 amide bonds. The quantitative estimate of drug-likeness (QED) is 0.696. The van der Waals surface area contributed by atoms with E-state index in [1.165, 1.54) is 18.2 Å². The lowest BCUT2D eigenvalue weighted by Gasteiger charge is -2.09. The van der Waals surface area contributed by atoms with E-state index in [-0.39, 0.29) is 11.3 Å². The van der Waals surface area contributed by atoms with Gasteiger partial charge in [0.1, 0.15) is 5.75 Å². The number of alkyl halides is 2. The number of urea groups is 1. The van der Waals surface area contributed by atoms with Crippen LogP contribution in [0.25, 0.3) is 0 Å². The first-order valence-corrected chi connectivity index (χ1v) is 7.57. The minimum atomic E-state index is -3.02. The molecule has 0 heterocycles. The summed E-state index contributed by atoms with van der Waals surface area (Å²) >= 11 is 0. The molecule has 0 aromatic heterocycles. The number of ether oxygens (including phenoxy) is 2. The van der Waals surface area contributed by atoms with Gasteiger partial charge in [-0.25, -0.2) is 9.59 Å². The maximum absolute atomic E-state index is 12.1. The lowest BCUT2D eigenvalue weighted by Crippen LogP contribution is -2.41. The van der Waals surface area contributed by atoms with Crippen LogP contribution in [0.1, 0.15) is 30.6 Å². The molecule has 1 rings (SSSR count). The first kappa shape index (κ1) is 20.3. The highest BCUT2D eigenvalue weighted by atomic mass is 19.3. The Bertz CT molecular complexity index is 608. The highest BCUT2D eigenvalue weighted by Crippen LogP contribution is 2.16. The summed E-state index contributed by atoms with van der Waals surface area (Å²) in [6.07, 6.45) is 0.758. The van der Waals surface area contributed by atoms with E-state index in [2.05, 4.69) is 10.1 Å². The van der Waals surface area contributed by atoms with E-state index in [9.17, 15) is 23.2 Å². The molecule has 25 heavy (non-hydrogen) atoms. The van der Waals surface area contributed by atoms with Gasteiger partial charge in [0.2, 0.25) is 0 Å². The zero-order chi connectivity index (χ0) is 18.8. The first-order chi connectivity index (χ1) is 11.8. The van der Waals surface area contributed by atoms with E-state index < -0.39 is 31.1 Å². The molecule has 0 bridgehead atoms. The molecule has 1 aromatic carbocycles. The van der Waals surface area contributed by atoms with E-state index in [1.807, 2.05) is 19.2 Å². The van der Waals surface area contributed by atoms with Crippen LogP contribution in [0.3, 0.4) is 0 Å². The van der Waals surface area contributed by atoms with Gasteiger partial charge in [-0.3, -0.25) is 10.1 Å². The van der Waals surface area contributed by atoms with Crippen molar-refractivity contribution >= 4 is 17.9 Å². The molecule has 0 atom stereocenters. The Balaban J connectivity index is 2.40. The minimum Gasteiger partial charge on any atom is -0.452 e. The molecule has 138 valence electrons. The third kappa shape index (κ3) is 8.63. The summed E-state index contributed by atoms with van der Waals surface area (Å²) in [6, 6.07) is 4.27. The largest absolute Gasteiger partial charge is 0.452 e. The molecule has 0 spiro atoms. The summed E-state index contributed by atoms with van der Waals surface area (Å²) in [5.74, 6) is -1.52. The van der Waals surface area contributed by atoms with Crippen molar-refractivity contribution in [2.45, 2.75) is 26.9 Å². The van der Waals surface area contributed by atoms with Crippen LogP contribution in [0.5, 0.6) is 5.75 Å². The summed E-state index contributed by atoms with van der Waals surface area (Å²) in [4.78, 5) is 34.7. The van der Waals surface area contributed by atoms with Crippen molar-refractivity contribution in [1.82, 2.24) is 10.6 Å². The molecule has 0 aliphatic heterocycles. The Labute approximate surface area is 143 Å². The molecule has 0 saturated carbocycles. The monoisotopic (exact) mass is 358 g/mol. The number of halogens is 2. The lowest BCUT2D eigenvalue weighted by atomic mass is 10.1. The van der Waals surface area contributed by atoms with Crippen molar-refractivity contribution in [3.05, 3.63) is 29.8 Å². The molecule has 0 fully saturated rings. The summed E-state index contributed by atoms with van der Waals surface area (Å²) in [5.41, 5.74) is -0.0627. The van der Waals surface area contributed by atoms with Crippen LogP contribution in [-0.4, -0.2) is 37.7 Å². The van der Waals surface area contributed by atoms with Crippen LogP contribution in [0.15, 0.2) is 24.3 Å². The maximum Gasteiger partial charge on any atom is 0.387 e. The van der Waals surface area contributed by atoms with Crippen LogP contribution in [0.2, 0.25) is 0 Å². The van der Waals surface area contributed by atoms with Gasteiger partial charge in [0, 0.05) is 6.54 Å². The average Bonchev–Trinajstić information content (AvgIpc) is 2.51. The Kier molecular flexibility index (Phi) is 8.31. The normalized spacial score (nSPS) is 10.5. The van der Waals surface area contributed by atoms with Crippen molar-refractivity contribution in [2.75, 3.05) is 13.2 Å². The smallest absolute Gasteiger partial charge is 0.387 e.